The van der Waals surface area contributed by atoms with Crippen molar-refractivity contribution >= 4 is 21.8 Å². The number of carbonyl (C=O) groups excluding carboxylic acids is 1. The zero-order valence-corrected chi connectivity index (χ0v) is 13.8. The minimum absolute atomic E-state index is 0.0735. The van der Waals surface area contributed by atoms with Crippen LogP contribution in [0.25, 0.3) is 0 Å². The van der Waals surface area contributed by atoms with Crippen molar-refractivity contribution in [3.8, 4) is 0 Å². The molecule has 3 nitrogen and oxygen atoms in total. The molecule has 1 rings (SSSR count). The van der Waals surface area contributed by atoms with E-state index in [1.165, 1.54) is 5.56 Å². The summed E-state index contributed by atoms with van der Waals surface area (Å²) in [6, 6.07) is 8.19. The van der Waals surface area contributed by atoms with Crippen molar-refractivity contribution in [2.24, 2.45) is 0 Å². The number of amides is 1. The van der Waals surface area contributed by atoms with Crippen molar-refractivity contribution in [2.75, 3.05) is 13.1 Å². The number of benzene rings is 1. The van der Waals surface area contributed by atoms with Gasteiger partial charge < -0.3 is 5.32 Å². The first kappa shape index (κ1) is 16.2. The van der Waals surface area contributed by atoms with Crippen LogP contribution in [0.15, 0.2) is 28.7 Å². The van der Waals surface area contributed by atoms with Gasteiger partial charge in [0.2, 0.25) is 5.91 Å². The summed E-state index contributed by atoms with van der Waals surface area (Å²) in [6.45, 7) is 10.1. The Kier molecular flexibility index (Phi) is 6.01. The summed E-state index contributed by atoms with van der Waals surface area (Å²) in [7, 11) is 0. The van der Waals surface area contributed by atoms with E-state index in [1.807, 2.05) is 32.9 Å². The summed E-state index contributed by atoms with van der Waals surface area (Å²) in [4.78, 5) is 14.1. The van der Waals surface area contributed by atoms with Gasteiger partial charge in [-0.2, -0.15) is 0 Å². The zero-order chi connectivity index (χ0) is 14.5. The van der Waals surface area contributed by atoms with Gasteiger partial charge in [-0.1, -0.05) is 35.0 Å². The topological polar surface area (TPSA) is 32.3 Å². The number of nitrogens with zero attached hydrogens (tertiary/aromatic N) is 1. The second kappa shape index (κ2) is 7.06. The third-order valence-electron chi connectivity index (χ3n) is 2.62. The van der Waals surface area contributed by atoms with Crippen LogP contribution in [0.4, 0.5) is 0 Å². The van der Waals surface area contributed by atoms with Crippen LogP contribution < -0.4 is 5.32 Å². The molecule has 19 heavy (non-hydrogen) atoms. The second-order valence-electron chi connectivity index (χ2n) is 5.73. The fraction of sp³-hybridized carbons (Fsp3) is 0.533. The van der Waals surface area contributed by atoms with Crippen molar-refractivity contribution in [3.63, 3.8) is 0 Å². The van der Waals surface area contributed by atoms with Gasteiger partial charge in [-0.05, 0) is 45.0 Å². The monoisotopic (exact) mass is 326 g/mol. The predicted molar refractivity (Wildman–Crippen MR) is 83.0 cm³/mol. The maximum Gasteiger partial charge on any atom is 0.234 e. The van der Waals surface area contributed by atoms with Crippen molar-refractivity contribution in [3.05, 3.63) is 34.3 Å². The predicted octanol–water partition coefficient (Wildman–Crippen LogP) is 3.19. The summed E-state index contributed by atoms with van der Waals surface area (Å²) in [5.41, 5.74) is 1.03. The lowest BCUT2D eigenvalue weighted by atomic mass is 10.1. The average Bonchev–Trinajstić information content (AvgIpc) is 2.25. The lowest BCUT2D eigenvalue weighted by Crippen LogP contribution is -2.45. The third kappa shape index (κ3) is 6.73. The fourth-order valence-electron chi connectivity index (χ4n) is 1.83. The van der Waals surface area contributed by atoms with E-state index in [2.05, 4.69) is 45.2 Å². The minimum atomic E-state index is -0.174. The molecule has 0 saturated carbocycles. The van der Waals surface area contributed by atoms with Crippen LogP contribution in [0.5, 0.6) is 0 Å². The van der Waals surface area contributed by atoms with Crippen LogP contribution in [-0.2, 0) is 11.3 Å². The highest BCUT2D eigenvalue weighted by molar-refractivity contribution is 9.10. The Morgan fingerprint density at radius 2 is 2.05 bits per heavy atom. The van der Waals surface area contributed by atoms with E-state index < -0.39 is 0 Å². The Bertz CT molecular complexity index is 426. The third-order valence-corrected chi connectivity index (χ3v) is 3.12. The molecule has 0 atom stereocenters. The number of halogens is 1. The van der Waals surface area contributed by atoms with Gasteiger partial charge in [-0.25, -0.2) is 0 Å². The van der Waals surface area contributed by atoms with Gasteiger partial charge in [0.1, 0.15) is 0 Å². The minimum Gasteiger partial charge on any atom is -0.350 e. The molecule has 1 aromatic rings. The van der Waals surface area contributed by atoms with Crippen molar-refractivity contribution in [2.45, 2.75) is 39.8 Å². The lowest BCUT2D eigenvalue weighted by molar-refractivity contribution is -0.123. The maximum atomic E-state index is 11.9. The number of likely N-dealkylation sites (N-methyl/N-ethyl adjacent to an activating group) is 1. The van der Waals surface area contributed by atoms with Crippen molar-refractivity contribution < 1.29 is 4.79 Å². The molecule has 0 saturated heterocycles. The van der Waals surface area contributed by atoms with Gasteiger partial charge in [-0.15, -0.1) is 0 Å². The Morgan fingerprint density at radius 3 is 2.58 bits per heavy atom. The van der Waals surface area contributed by atoms with Gasteiger partial charge in [-0.3, -0.25) is 9.69 Å². The van der Waals surface area contributed by atoms with Gasteiger partial charge in [0.05, 0.1) is 6.54 Å². The lowest BCUT2D eigenvalue weighted by Gasteiger charge is -2.25. The number of carbonyl (C=O) groups is 1. The number of hydrogen-bond donors (Lipinski definition) is 1. The highest BCUT2D eigenvalue weighted by Gasteiger charge is 2.16. The van der Waals surface area contributed by atoms with Crippen LogP contribution in [0.1, 0.15) is 33.3 Å². The molecule has 0 aromatic heterocycles. The molecule has 0 aliphatic carbocycles. The van der Waals surface area contributed by atoms with Crippen molar-refractivity contribution in [1.82, 2.24) is 10.2 Å². The van der Waals surface area contributed by atoms with Crippen LogP contribution >= 0.6 is 15.9 Å². The molecular weight excluding hydrogens is 304 g/mol. The average molecular weight is 327 g/mol. The van der Waals surface area contributed by atoms with Gasteiger partial charge in [0.15, 0.2) is 0 Å². The molecule has 1 aromatic carbocycles. The van der Waals surface area contributed by atoms with Crippen LogP contribution in [-0.4, -0.2) is 29.4 Å². The molecule has 0 spiro atoms. The molecule has 0 unspecified atom stereocenters. The molecule has 0 aliphatic heterocycles. The maximum absolute atomic E-state index is 11.9. The number of nitrogens with one attached hydrogen (secondary N) is 1. The van der Waals surface area contributed by atoms with Gasteiger partial charge in [0.25, 0.3) is 0 Å². The molecule has 1 N–H and O–H groups in total. The van der Waals surface area contributed by atoms with E-state index in [-0.39, 0.29) is 11.4 Å². The Hall–Kier alpha value is -0.870. The highest BCUT2D eigenvalue weighted by Crippen LogP contribution is 2.13. The van der Waals surface area contributed by atoms with E-state index in [0.29, 0.717) is 6.54 Å². The van der Waals surface area contributed by atoms with E-state index in [9.17, 15) is 4.79 Å². The molecule has 4 heteroatoms. The molecule has 0 radical (unpaired) electrons. The van der Waals surface area contributed by atoms with E-state index in [1.54, 1.807) is 0 Å². The van der Waals surface area contributed by atoms with E-state index >= 15 is 0 Å². The molecule has 0 fully saturated rings. The molecule has 0 heterocycles. The first-order valence-corrected chi connectivity index (χ1v) is 7.37. The molecule has 106 valence electrons. The number of hydrogen-bond acceptors (Lipinski definition) is 2. The summed E-state index contributed by atoms with van der Waals surface area (Å²) in [6.07, 6.45) is 0. The second-order valence-corrected chi connectivity index (χ2v) is 6.65. The van der Waals surface area contributed by atoms with Gasteiger partial charge in [0, 0.05) is 16.6 Å². The Morgan fingerprint density at radius 1 is 1.37 bits per heavy atom. The summed E-state index contributed by atoms with van der Waals surface area (Å²) < 4.78 is 1.07. The molecular formula is C15H23BrN2O. The highest BCUT2D eigenvalue weighted by atomic mass is 79.9. The Labute approximate surface area is 124 Å². The largest absolute Gasteiger partial charge is 0.350 e. The van der Waals surface area contributed by atoms with E-state index in [4.69, 9.17) is 0 Å². The van der Waals surface area contributed by atoms with Crippen LogP contribution in [0.3, 0.4) is 0 Å². The molecule has 0 bridgehead atoms. The standard InChI is InChI=1S/C15H23BrN2O/c1-5-18(11-14(19)17-15(2,3)4)10-12-7-6-8-13(16)9-12/h6-9H,5,10-11H2,1-4H3,(H,17,19). The quantitative estimate of drug-likeness (QED) is 0.901. The summed E-state index contributed by atoms with van der Waals surface area (Å²) >= 11 is 3.47. The summed E-state index contributed by atoms with van der Waals surface area (Å²) in [5, 5.41) is 2.99. The van der Waals surface area contributed by atoms with Crippen molar-refractivity contribution in [1.29, 1.82) is 0 Å². The van der Waals surface area contributed by atoms with Crippen LogP contribution in [0.2, 0.25) is 0 Å². The zero-order valence-electron chi connectivity index (χ0n) is 12.2. The fourth-order valence-corrected chi connectivity index (χ4v) is 2.28. The summed E-state index contributed by atoms with van der Waals surface area (Å²) in [5.74, 6) is 0.0735. The van der Waals surface area contributed by atoms with Crippen LogP contribution in [0, 0.1) is 0 Å². The smallest absolute Gasteiger partial charge is 0.234 e. The number of rotatable bonds is 5. The van der Waals surface area contributed by atoms with Gasteiger partial charge >= 0.3 is 0 Å². The first-order valence-electron chi connectivity index (χ1n) is 6.58. The first-order chi connectivity index (χ1) is 8.80. The normalized spacial score (nSPS) is 11.7. The SMILES string of the molecule is CCN(CC(=O)NC(C)(C)C)Cc1cccc(Br)c1. The van der Waals surface area contributed by atoms with E-state index in [0.717, 1.165) is 17.6 Å². The molecule has 0 aliphatic rings. The Balaban J connectivity index is 2.57. The molecule has 1 amide bonds.